The number of ether oxygens (including phenoxy) is 1. The van der Waals surface area contributed by atoms with Gasteiger partial charge in [-0.05, 0) is 54.2 Å². The fourth-order valence-corrected chi connectivity index (χ4v) is 4.70. The van der Waals surface area contributed by atoms with Crippen molar-refractivity contribution in [3.63, 3.8) is 0 Å². The van der Waals surface area contributed by atoms with Crippen LogP contribution in [0.25, 0.3) is 5.57 Å². The summed E-state index contributed by atoms with van der Waals surface area (Å²) in [6.07, 6.45) is 3.28. The zero-order valence-corrected chi connectivity index (χ0v) is 17.8. The van der Waals surface area contributed by atoms with Gasteiger partial charge in [-0.1, -0.05) is 85.8 Å². The van der Waals surface area contributed by atoms with Gasteiger partial charge in [0, 0.05) is 18.2 Å². The Hall–Kier alpha value is -2.84. The molecule has 30 heavy (non-hydrogen) atoms. The van der Waals surface area contributed by atoms with Crippen LogP contribution in [0.5, 0.6) is 0 Å². The topological polar surface area (TPSA) is 21.3 Å². The van der Waals surface area contributed by atoms with Crippen LogP contribution in [-0.2, 0) is 16.9 Å². The zero-order chi connectivity index (χ0) is 20.8. The number of nitrogens with one attached hydrogen (secondary N) is 1. The van der Waals surface area contributed by atoms with Gasteiger partial charge in [0.25, 0.3) is 0 Å². The van der Waals surface area contributed by atoms with Crippen LogP contribution in [-0.4, -0.2) is 6.61 Å². The van der Waals surface area contributed by atoms with Crippen LogP contribution in [0.15, 0.2) is 91.5 Å². The van der Waals surface area contributed by atoms with Gasteiger partial charge in [0.1, 0.15) is 0 Å². The quantitative estimate of drug-likeness (QED) is 0.391. The van der Waals surface area contributed by atoms with Crippen molar-refractivity contribution in [2.45, 2.75) is 38.3 Å². The van der Waals surface area contributed by atoms with E-state index in [9.17, 15) is 0 Å². The van der Waals surface area contributed by atoms with E-state index in [4.69, 9.17) is 4.74 Å². The fourth-order valence-electron chi connectivity index (χ4n) is 4.70. The van der Waals surface area contributed by atoms with Crippen molar-refractivity contribution in [3.8, 4) is 0 Å². The van der Waals surface area contributed by atoms with E-state index in [0.717, 1.165) is 31.6 Å². The average Bonchev–Trinajstić information content (AvgIpc) is 2.99. The number of rotatable bonds is 9. The van der Waals surface area contributed by atoms with Gasteiger partial charge in [-0.3, -0.25) is 0 Å². The number of anilines is 1. The van der Waals surface area contributed by atoms with Crippen molar-refractivity contribution in [2.75, 3.05) is 11.9 Å². The summed E-state index contributed by atoms with van der Waals surface area (Å²) in [6, 6.07) is 29.6. The maximum atomic E-state index is 5.88. The number of unbranched alkanes of at least 4 members (excludes halogenated alkanes) is 1. The molecule has 0 saturated carbocycles. The summed E-state index contributed by atoms with van der Waals surface area (Å²) in [6.45, 7) is 8.31. The molecule has 2 atom stereocenters. The first kappa shape index (κ1) is 20.4. The van der Waals surface area contributed by atoms with Gasteiger partial charge in [-0.15, -0.1) is 0 Å². The lowest BCUT2D eigenvalue weighted by Gasteiger charge is -2.35. The van der Waals surface area contributed by atoms with E-state index >= 15 is 0 Å². The normalized spacial score (nSPS) is 20.2. The van der Waals surface area contributed by atoms with Crippen LogP contribution in [0, 0.1) is 5.92 Å². The van der Waals surface area contributed by atoms with Gasteiger partial charge in [-0.25, -0.2) is 0 Å². The number of benzene rings is 3. The molecule has 0 fully saturated rings. The molecule has 2 heteroatoms. The first-order chi connectivity index (χ1) is 14.7. The van der Waals surface area contributed by atoms with Gasteiger partial charge >= 0.3 is 0 Å². The highest BCUT2D eigenvalue weighted by molar-refractivity contribution is 5.77. The van der Waals surface area contributed by atoms with E-state index in [2.05, 4.69) is 97.7 Å². The molecule has 1 aliphatic carbocycles. The third-order valence-electron chi connectivity index (χ3n) is 6.27. The van der Waals surface area contributed by atoms with E-state index in [1.807, 2.05) is 6.07 Å². The van der Waals surface area contributed by atoms with E-state index in [1.54, 1.807) is 0 Å². The molecule has 3 aromatic rings. The molecule has 0 amide bonds. The van der Waals surface area contributed by atoms with Crippen LogP contribution in [0.3, 0.4) is 0 Å². The monoisotopic (exact) mass is 397 g/mol. The third kappa shape index (κ3) is 4.34. The smallest absolute Gasteiger partial charge is 0.0716 e. The Morgan fingerprint density at radius 3 is 2.30 bits per heavy atom. The predicted octanol–water partition coefficient (Wildman–Crippen LogP) is 7.04. The Morgan fingerprint density at radius 2 is 1.53 bits per heavy atom. The lowest BCUT2D eigenvalue weighted by atomic mass is 9.80. The molecule has 0 heterocycles. The maximum Gasteiger partial charge on any atom is 0.0716 e. The fraction of sp³-hybridized carbons (Fsp3) is 0.286. The molecule has 0 spiro atoms. The molecule has 1 aliphatic rings. The largest absolute Gasteiger partial charge is 0.377 e. The van der Waals surface area contributed by atoms with Gasteiger partial charge in [-0.2, -0.15) is 0 Å². The lowest BCUT2D eigenvalue weighted by Crippen LogP contribution is -2.36. The molecule has 0 aliphatic heterocycles. The second kappa shape index (κ2) is 9.32. The molecule has 3 aromatic carbocycles. The summed E-state index contributed by atoms with van der Waals surface area (Å²) >= 11 is 0. The van der Waals surface area contributed by atoms with Crippen molar-refractivity contribution in [3.05, 3.63) is 108 Å². The summed E-state index contributed by atoms with van der Waals surface area (Å²) in [5.41, 5.74) is 6.14. The van der Waals surface area contributed by atoms with Gasteiger partial charge in [0.2, 0.25) is 0 Å². The molecule has 0 radical (unpaired) electrons. The van der Waals surface area contributed by atoms with Crippen LogP contribution in [0.1, 0.15) is 42.9 Å². The molecule has 0 aromatic heterocycles. The first-order valence-corrected chi connectivity index (χ1v) is 10.9. The van der Waals surface area contributed by atoms with Crippen LogP contribution in [0.4, 0.5) is 5.69 Å². The molecule has 0 bridgehead atoms. The molecular weight excluding hydrogens is 366 g/mol. The maximum absolute atomic E-state index is 5.88. The van der Waals surface area contributed by atoms with E-state index < -0.39 is 0 Å². The Labute approximate surface area is 180 Å². The molecule has 0 saturated heterocycles. The highest BCUT2D eigenvalue weighted by atomic mass is 16.5. The van der Waals surface area contributed by atoms with Crippen LogP contribution < -0.4 is 5.32 Å². The standard InChI is InChI=1S/C28H31NO/c1-22-25-17-9-10-19-27(25)28(2,29-24-15-7-4-8-16-24)26(22)18-11-12-20-30-21-23-13-5-3-6-14-23/h3-10,13-17,19,26,29H,1,11-12,18,20-21H2,2H3/t26-,28-/m0/s1. The number of hydrogen-bond acceptors (Lipinski definition) is 2. The van der Waals surface area contributed by atoms with Crippen molar-refractivity contribution in [1.29, 1.82) is 0 Å². The summed E-state index contributed by atoms with van der Waals surface area (Å²) in [4.78, 5) is 0. The highest BCUT2D eigenvalue weighted by Crippen LogP contribution is 2.51. The summed E-state index contributed by atoms with van der Waals surface area (Å²) in [5, 5.41) is 3.84. The minimum Gasteiger partial charge on any atom is -0.377 e. The summed E-state index contributed by atoms with van der Waals surface area (Å²) in [7, 11) is 0. The van der Waals surface area contributed by atoms with Crippen molar-refractivity contribution in [1.82, 2.24) is 0 Å². The highest BCUT2D eigenvalue weighted by Gasteiger charge is 2.44. The van der Waals surface area contributed by atoms with Gasteiger partial charge in [0.05, 0.1) is 12.1 Å². The minimum absolute atomic E-state index is 0.153. The summed E-state index contributed by atoms with van der Waals surface area (Å²) < 4.78 is 5.88. The molecule has 154 valence electrons. The number of para-hydroxylation sites is 1. The van der Waals surface area contributed by atoms with Crippen LogP contribution >= 0.6 is 0 Å². The minimum atomic E-state index is -0.153. The number of fused-ring (bicyclic) bond motifs is 1. The Kier molecular flexibility index (Phi) is 6.35. The lowest BCUT2D eigenvalue weighted by molar-refractivity contribution is 0.116. The van der Waals surface area contributed by atoms with Crippen molar-refractivity contribution >= 4 is 11.3 Å². The van der Waals surface area contributed by atoms with Gasteiger partial charge in [0.15, 0.2) is 0 Å². The van der Waals surface area contributed by atoms with E-state index in [0.29, 0.717) is 12.5 Å². The second-order valence-electron chi connectivity index (χ2n) is 8.35. The number of hydrogen-bond donors (Lipinski definition) is 1. The van der Waals surface area contributed by atoms with Crippen LogP contribution in [0.2, 0.25) is 0 Å². The SMILES string of the molecule is C=C1c2ccccc2[C@@](C)(Nc2ccccc2)[C@H]1CCCCOCc1ccccc1. The Bertz CT molecular complexity index is 966. The summed E-state index contributed by atoms with van der Waals surface area (Å²) in [5.74, 6) is 0.365. The molecule has 0 unspecified atom stereocenters. The van der Waals surface area contributed by atoms with E-state index in [1.165, 1.54) is 22.3 Å². The second-order valence-corrected chi connectivity index (χ2v) is 8.35. The van der Waals surface area contributed by atoms with E-state index in [-0.39, 0.29) is 5.54 Å². The van der Waals surface area contributed by atoms with Crippen molar-refractivity contribution in [2.24, 2.45) is 5.92 Å². The molecule has 2 nitrogen and oxygen atoms in total. The van der Waals surface area contributed by atoms with Crippen molar-refractivity contribution < 1.29 is 4.74 Å². The zero-order valence-electron chi connectivity index (χ0n) is 17.8. The Balaban J connectivity index is 1.39. The molecular formula is C28H31NO. The third-order valence-corrected chi connectivity index (χ3v) is 6.27. The predicted molar refractivity (Wildman–Crippen MR) is 126 cm³/mol. The average molecular weight is 398 g/mol. The molecule has 1 N–H and O–H groups in total. The molecule has 4 rings (SSSR count). The van der Waals surface area contributed by atoms with Gasteiger partial charge < -0.3 is 10.1 Å². The Morgan fingerprint density at radius 1 is 0.867 bits per heavy atom. The first-order valence-electron chi connectivity index (χ1n) is 10.9.